The first-order valence-corrected chi connectivity index (χ1v) is 9.29. The molecule has 2 atom stereocenters. The summed E-state index contributed by atoms with van der Waals surface area (Å²) in [6.07, 6.45) is 3.60. The number of ether oxygens (including phenoxy) is 3. The Hall–Kier alpha value is -2.58. The van der Waals surface area contributed by atoms with Crippen molar-refractivity contribution in [1.29, 1.82) is 0 Å². The third kappa shape index (κ3) is 4.82. The number of nitrogens with zero attached hydrogens (tertiary/aromatic N) is 4. The van der Waals surface area contributed by atoms with Crippen molar-refractivity contribution >= 4 is 5.91 Å². The van der Waals surface area contributed by atoms with Crippen LogP contribution >= 0.6 is 0 Å². The van der Waals surface area contributed by atoms with Gasteiger partial charge in [-0.05, 0) is 26.2 Å². The van der Waals surface area contributed by atoms with Gasteiger partial charge in [-0.2, -0.15) is 5.10 Å². The van der Waals surface area contributed by atoms with Gasteiger partial charge in [-0.1, -0.05) is 6.07 Å². The molecule has 0 spiro atoms. The number of rotatable bonds is 7. The van der Waals surface area contributed by atoms with E-state index in [9.17, 15) is 4.79 Å². The van der Waals surface area contributed by atoms with E-state index in [2.05, 4.69) is 10.00 Å². The van der Waals surface area contributed by atoms with Crippen LogP contribution in [-0.4, -0.2) is 79.1 Å². The highest BCUT2D eigenvalue weighted by Crippen LogP contribution is 2.30. The Bertz CT molecular complexity index is 792. The average molecular weight is 388 g/mol. The highest BCUT2D eigenvalue weighted by molar-refractivity contribution is 5.78. The van der Waals surface area contributed by atoms with Gasteiger partial charge in [0.15, 0.2) is 6.61 Å². The van der Waals surface area contributed by atoms with Crippen molar-refractivity contribution < 1.29 is 19.0 Å². The van der Waals surface area contributed by atoms with E-state index < -0.39 is 0 Å². The number of hydrogen-bond donors (Lipinski definition) is 0. The number of carbonyl (C=O) groups excluding carboxylic acids is 1. The van der Waals surface area contributed by atoms with Gasteiger partial charge in [-0.25, -0.2) is 0 Å². The molecule has 3 rings (SSSR count). The summed E-state index contributed by atoms with van der Waals surface area (Å²) in [6.45, 7) is 1.68. The molecule has 1 aliphatic heterocycles. The first kappa shape index (κ1) is 20.2. The second-order valence-corrected chi connectivity index (χ2v) is 7.12. The molecule has 1 aromatic heterocycles. The molecule has 1 amide bonds. The van der Waals surface area contributed by atoms with E-state index >= 15 is 0 Å². The molecule has 1 aliphatic rings. The molecule has 2 aromatic rings. The number of hydrogen-bond acceptors (Lipinski definition) is 6. The monoisotopic (exact) mass is 388 g/mol. The van der Waals surface area contributed by atoms with Crippen LogP contribution in [0.3, 0.4) is 0 Å². The van der Waals surface area contributed by atoms with Gasteiger partial charge in [-0.3, -0.25) is 9.48 Å². The van der Waals surface area contributed by atoms with E-state index in [0.29, 0.717) is 31.2 Å². The predicted molar refractivity (Wildman–Crippen MR) is 104 cm³/mol. The van der Waals surface area contributed by atoms with Crippen LogP contribution in [0.1, 0.15) is 11.6 Å². The Morgan fingerprint density at radius 3 is 2.82 bits per heavy atom. The van der Waals surface area contributed by atoms with Gasteiger partial charge in [0.1, 0.15) is 11.5 Å². The normalized spacial score (nSPS) is 19.7. The molecule has 0 saturated carbocycles. The maximum absolute atomic E-state index is 13.0. The molecule has 1 saturated heterocycles. The molecule has 0 radical (unpaired) electrons. The molecule has 2 heterocycles. The van der Waals surface area contributed by atoms with Gasteiger partial charge in [0, 0.05) is 38.0 Å². The molecule has 28 heavy (non-hydrogen) atoms. The summed E-state index contributed by atoms with van der Waals surface area (Å²) in [5.74, 6) is 1.21. The average Bonchev–Trinajstić information content (AvgIpc) is 3.11. The van der Waals surface area contributed by atoms with Gasteiger partial charge >= 0.3 is 0 Å². The Morgan fingerprint density at radius 1 is 1.36 bits per heavy atom. The molecule has 8 nitrogen and oxygen atoms in total. The molecule has 0 aliphatic carbocycles. The number of aromatic nitrogens is 2. The number of methoxy groups -OCH3 is 1. The zero-order valence-corrected chi connectivity index (χ0v) is 16.9. The molecular weight excluding hydrogens is 360 g/mol. The Balaban J connectivity index is 1.75. The topological polar surface area (TPSA) is 69.1 Å². The van der Waals surface area contributed by atoms with Crippen LogP contribution < -0.4 is 9.47 Å². The summed E-state index contributed by atoms with van der Waals surface area (Å²) in [4.78, 5) is 16.9. The number of benzene rings is 1. The fourth-order valence-electron chi connectivity index (χ4n) is 3.43. The van der Waals surface area contributed by atoms with Gasteiger partial charge < -0.3 is 24.0 Å². The van der Waals surface area contributed by atoms with Gasteiger partial charge in [0.25, 0.3) is 5.91 Å². The van der Waals surface area contributed by atoms with Crippen LogP contribution in [0, 0.1) is 0 Å². The van der Waals surface area contributed by atoms with E-state index in [1.165, 1.54) is 0 Å². The second kappa shape index (κ2) is 9.07. The molecule has 1 aromatic carbocycles. The van der Waals surface area contributed by atoms with Crippen LogP contribution in [0.2, 0.25) is 0 Å². The lowest BCUT2D eigenvalue weighted by Gasteiger charge is -2.41. The Labute approximate surface area is 165 Å². The van der Waals surface area contributed by atoms with Crippen LogP contribution in [0.15, 0.2) is 36.7 Å². The van der Waals surface area contributed by atoms with Crippen LogP contribution in [-0.2, 0) is 16.6 Å². The highest BCUT2D eigenvalue weighted by Gasteiger charge is 2.37. The van der Waals surface area contributed by atoms with Crippen molar-refractivity contribution in [2.75, 3.05) is 47.5 Å². The summed E-state index contributed by atoms with van der Waals surface area (Å²) in [5.41, 5.74) is 0.962. The maximum atomic E-state index is 13.0. The Morgan fingerprint density at radius 2 is 2.14 bits per heavy atom. The van der Waals surface area contributed by atoms with Crippen molar-refractivity contribution in [3.05, 3.63) is 42.2 Å². The lowest BCUT2D eigenvalue weighted by Crippen LogP contribution is -2.52. The standard InChI is InChI=1S/C20H28N4O4/c1-22(2)13-18-20(15-11-21-23(3)12-15)24(8-9-27-18)19(25)14-28-17-7-5-6-16(10-17)26-4/h5-7,10-12,18,20H,8-9,13-14H2,1-4H3/t18-,20-/m0/s1. The number of amides is 1. The minimum Gasteiger partial charge on any atom is -0.497 e. The first-order valence-electron chi connectivity index (χ1n) is 9.29. The van der Waals surface area contributed by atoms with Crippen molar-refractivity contribution in [3.8, 4) is 11.5 Å². The summed E-state index contributed by atoms with van der Waals surface area (Å²) in [7, 11) is 7.46. The largest absolute Gasteiger partial charge is 0.497 e. The number of likely N-dealkylation sites (N-methyl/N-ethyl adjacent to an activating group) is 1. The third-order valence-electron chi connectivity index (χ3n) is 4.69. The lowest BCUT2D eigenvalue weighted by molar-refractivity contribution is -0.150. The van der Waals surface area contributed by atoms with E-state index in [1.807, 2.05) is 50.4 Å². The van der Waals surface area contributed by atoms with Crippen LogP contribution in [0.5, 0.6) is 11.5 Å². The molecule has 1 fully saturated rings. The molecule has 0 bridgehead atoms. The fraction of sp³-hybridized carbons (Fsp3) is 0.500. The quantitative estimate of drug-likeness (QED) is 0.713. The fourth-order valence-corrected chi connectivity index (χ4v) is 3.43. The number of morpholine rings is 1. The van der Waals surface area contributed by atoms with Crippen molar-refractivity contribution in [3.63, 3.8) is 0 Å². The molecule has 152 valence electrons. The number of aryl methyl sites for hydroxylation is 1. The van der Waals surface area contributed by atoms with Crippen LogP contribution in [0.4, 0.5) is 0 Å². The summed E-state index contributed by atoms with van der Waals surface area (Å²) in [5, 5.41) is 4.28. The van der Waals surface area contributed by atoms with Crippen LogP contribution in [0.25, 0.3) is 0 Å². The first-order chi connectivity index (χ1) is 13.5. The van der Waals surface area contributed by atoms with Crippen molar-refractivity contribution in [1.82, 2.24) is 19.6 Å². The minimum absolute atomic E-state index is 0.0430. The zero-order valence-electron chi connectivity index (χ0n) is 16.9. The molecule has 8 heteroatoms. The third-order valence-corrected chi connectivity index (χ3v) is 4.69. The van der Waals surface area contributed by atoms with E-state index in [0.717, 1.165) is 5.56 Å². The minimum atomic E-state index is -0.203. The van der Waals surface area contributed by atoms with Gasteiger partial charge in [-0.15, -0.1) is 0 Å². The summed E-state index contributed by atoms with van der Waals surface area (Å²) >= 11 is 0. The SMILES string of the molecule is COc1cccc(OCC(=O)N2CCO[C@@H](CN(C)C)[C@@H]2c2cnn(C)c2)c1. The van der Waals surface area contributed by atoms with Crippen molar-refractivity contribution in [2.24, 2.45) is 7.05 Å². The highest BCUT2D eigenvalue weighted by atomic mass is 16.5. The number of carbonyl (C=O) groups is 1. The van der Waals surface area contributed by atoms with E-state index in [-0.39, 0.29) is 24.7 Å². The molecule has 0 N–H and O–H groups in total. The van der Waals surface area contributed by atoms with Gasteiger partial charge in [0.2, 0.25) is 0 Å². The predicted octanol–water partition coefficient (Wildman–Crippen LogP) is 1.34. The molecule has 0 unspecified atom stereocenters. The lowest BCUT2D eigenvalue weighted by atomic mass is 10.0. The smallest absolute Gasteiger partial charge is 0.261 e. The Kier molecular flexibility index (Phi) is 6.53. The zero-order chi connectivity index (χ0) is 20.1. The summed E-state index contributed by atoms with van der Waals surface area (Å²) in [6, 6.07) is 7.04. The molecular formula is C20H28N4O4. The summed E-state index contributed by atoms with van der Waals surface area (Å²) < 4.78 is 18.7. The second-order valence-electron chi connectivity index (χ2n) is 7.12. The maximum Gasteiger partial charge on any atom is 0.261 e. The van der Waals surface area contributed by atoms with Crippen molar-refractivity contribution in [2.45, 2.75) is 12.1 Å². The van der Waals surface area contributed by atoms with E-state index in [4.69, 9.17) is 14.2 Å². The van der Waals surface area contributed by atoms with E-state index in [1.54, 1.807) is 24.1 Å². The van der Waals surface area contributed by atoms with Gasteiger partial charge in [0.05, 0.1) is 32.1 Å².